The fraction of sp³-hybridized carbons (Fsp3) is 0.562. The van der Waals surface area contributed by atoms with Crippen molar-refractivity contribution in [3.63, 3.8) is 0 Å². The summed E-state index contributed by atoms with van der Waals surface area (Å²) in [5.41, 5.74) is 0.856. The molecule has 1 nitrogen and oxygen atoms in total. The normalized spacial score (nSPS) is 12.4. The first-order chi connectivity index (χ1) is 8.24. The SMILES string of the molecule is CCCC(C)CCCCC(=O)c1ccccc1. The molecule has 1 atom stereocenters. The Morgan fingerprint density at radius 2 is 1.82 bits per heavy atom. The van der Waals surface area contributed by atoms with Crippen LogP contribution >= 0.6 is 0 Å². The van der Waals surface area contributed by atoms with Crippen LogP contribution in [0.5, 0.6) is 0 Å². The highest BCUT2D eigenvalue weighted by Crippen LogP contribution is 2.15. The number of ketones is 1. The Bertz CT molecular complexity index is 316. The lowest BCUT2D eigenvalue weighted by molar-refractivity contribution is 0.0978. The van der Waals surface area contributed by atoms with Gasteiger partial charge in [-0.05, 0) is 12.3 Å². The Hall–Kier alpha value is -1.11. The van der Waals surface area contributed by atoms with E-state index in [0.717, 1.165) is 17.9 Å². The van der Waals surface area contributed by atoms with Crippen LogP contribution in [0.15, 0.2) is 30.3 Å². The molecule has 1 rings (SSSR count). The Morgan fingerprint density at radius 3 is 2.47 bits per heavy atom. The molecule has 0 aliphatic rings. The molecule has 1 aromatic carbocycles. The molecule has 0 saturated heterocycles. The molecule has 94 valence electrons. The van der Waals surface area contributed by atoms with Crippen molar-refractivity contribution in [2.24, 2.45) is 5.92 Å². The monoisotopic (exact) mass is 232 g/mol. The topological polar surface area (TPSA) is 17.1 Å². The molecule has 0 radical (unpaired) electrons. The molecule has 0 aromatic heterocycles. The summed E-state index contributed by atoms with van der Waals surface area (Å²) in [6.07, 6.45) is 6.75. The Balaban J connectivity index is 2.17. The molecule has 0 bridgehead atoms. The molecule has 0 fully saturated rings. The van der Waals surface area contributed by atoms with Crippen LogP contribution in [0, 0.1) is 5.92 Å². The Morgan fingerprint density at radius 1 is 1.12 bits per heavy atom. The number of unbranched alkanes of at least 4 members (excludes halogenated alkanes) is 1. The fourth-order valence-corrected chi connectivity index (χ4v) is 2.18. The van der Waals surface area contributed by atoms with Gasteiger partial charge in [0.2, 0.25) is 0 Å². The summed E-state index contributed by atoms with van der Waals surface area (Å²) >= 11 is 0. The summed E-state index contributed by atoms with van der Waals surface area (Å²) in [5, 5.41) is 0. The number of hydrogen-bond donors (Lipinski definition) is 0. The van der Waals surface area contributed by atoms with Crippen molar-refractivity contribution in [2.75, 3.05) is 0 Å². The van der Waals surface area contributed by atoms with Gasteiger partial charge in [0.05, 0.1) is 0 Å². The highest BCUT2D eigenvalue weighted by Gasteiger charge is 2.05. The molecule has 1 unspecified atom stereocenters. The van der Waals surface area contributed by atoms with E-state index in [1.165, 1.54) is 25.7 Å². The van der Waals surface area contributed by atoms with Crippen molar-refractivity contribution in [2.45, 2.75) is 52.4 Å². The average molecular weight is 232 g/mol. The zero-order valence-corrected chi connectivity index (χ0v) is 11.1. The highest BCUT2D eigenvalue weighted by atomic mass is 16.1. The second-order valence-electron chi connectivity index (χ2n) is 4.93. The van der Waals surface area contributed by atoms with Crippen LogP contribution in [-0.4, -0.2) is 5.78 Å². The molecule has 0 aliphatic heterocycles. The predicted octanol–water partition coefficient (Wildman–Crippen LogP) is 4.87. The third-order valence-corrected chi connectivity index (χ3v) is 3.23. The van der Waals surface area contributed by atoms with Crippen LogP contribution in [0.3, 0.4) is 0 Å². The number of Topliss-reactive ketones (excluding diaryl/α,β-unsaturated/α-hetero) is 1. The van der Waals surface area contributed by atoms with Gasteiger partial charge in [-0.1, -0.05) is 69.9 Å². The Labute approximate surface area is 105 Å². The molecule has 17 heavy (non-hydrogen) atoms. The summed E-state index contributed by atoms with van der Waals surface area (Å²) < 4.78 is 0. The van der Waals surface area contributed by atoms with Crippen LogP contribution < -0.4 is 0 Å². The number of carbonyl (C=O) groups excluding carboxylic acids is 1. The van der Waals surface area contributed by atoms with Gasteiger partial charge in [0.25, 0.3) is 0 Å². The van der Waals surface area contributed by atoms with Gasteiger partial charge in [0.15, 0.2) is 5.78 Å². The zero-order chi connectivity index (χ0) is 12.5. The van der Waals surface area contributed by atoms with E-state index in [-0.39, 0.29) is 5.78 Å². The first kappa shape index (κ1) is 14.0. The average Bonchev–Trinajstić information content (AvgIpc) is 2.36. The standard InChI is InChI=1S/C16H24O/c1-3-9-14(2)10-7-8-13-16(17)15-11-5-4-6-12-15/h4-6,11-12,14H,3,7-10,13H2,1-2H3. The van der Waals surface area contributed by atoms with Gasteiger partial charge in [-0.2, -0.15) is 0 Å². The number of hydrogen-bond acceptors (Lipinski definition) is 1. The van der Waals surface area contributed by atoms with Crippen molar-refractivity contribution in [3.8, 4) is 0 Å². The molecule has 0 aliphatic carbocycles. The van der Waals surface area contributed by atoms with E-state index in [2.05, 4.69) is 13.8 Å². The summed E-state index contributed by atoms with van der Waals surface area (Å²) in [5.74, 6) is 1.10. The van der Waals surface area contributed by atoms with Gasteiger partial charge >= 0.3 is 0 Å². The number of carbonyl (C=O) groups is 1. The molecule has 1 heteroatoms. The quantitative estimate of drug-likeness (QED) is 0.462. The van der Waals surface area contributed by atoms with E-state index in [1.54, 1.807) is 0 Å². The molecule has 0 saturated carbocycles. The van der Waals surface area contributed by atoms with Crippen molar-refractivity contribution >= 4 is 5.78 Å². The minimum atomic E-state index is 0.286. The van der Waals surface area contributed by atoms with Gasteiger partial charge in [-0.3, -0.25) is 4.79 Å². The van der Waals surface area contributed by atoms with E-state index < -0.39 is 0 Å². The van der Waals surface area contributed by atoms with E-state index in [4.69, 9.17) is 0 Å². The highest BCUT2D eigenvalue weighted by molar-refractivity contribution is 5.95. The molecule has 0 amide bonds. The van der Waals surface area contributed by atoms with Crippen LogP contribution in [0.1, 0.15) is 62.7 Å². The van der Waals surface area contributed by atoms with Crippen LogP contribution in [0.4, 0.5) is 0 Å². The van der Waals surface area contributed by atoms with Crippen LogP contribution in [-0.2, 0) is 0 Å². The summed E-state index contributed by atoms with van der Waals surface area (Å²) in [6.45, 7) is 4.54. The van der Waals surface area contributed by atoms with Gasteiger partial charge in [-0.25, -0.2) is 0 Å². The fourth-order valence-electron chi connectivity index (χ4n) is 2.18. The van der Waals surface area contributed by atoms with Crippen molar-refractivity contribution < 1.29 is 4.79 Å². The smallest absolute Gasteiger partial charge is 0.162 e. The summed E-state index contributed by atoms with van der Waals surface area (Å²) in [6, 6.07) is 9.61. The van der Waals surface area contributed by atoms with E-state index in [9.17, 15) is 4.79 Å². The minimum Gasteiger partial charge on any atom is -0.294 e. The molecule has 0 N–H and O–H groups in total. The van der Waals surface area contributed by atoms with Gasteiger partial charge in [0, 0.05) is 12.0 Å². The van der Waals surface area contributed by atoms with E-state index in [1.807, 2.05) is 30.3 Å². The molecule has 0 spiro atoms. The maximum atomic E-state index is 11.8. The zero-order valence-electron chi connectivity index (χ0n) is 11.1. The van der Waals surface area contributed by atoms with Crippen molar-refractivity contribution in [3.05, 3.63) is 35.9 Å². The van der Waals surface area contributed by atoms with Crippen LogP contribution in [0.2, 0.25) is 0 Å². The van der Waals surface area contributed by atoms with Crippen LogP contribution in [0.25, 0.3) is 0 Å². The number of rotatable bonds is 8. The molecular weight excluding hydrogens is 208 g/mol. The second kappa shape index (κ2) is 8.05. The molecule has 0 heterocycles. The van der Waals surface area contributed by atoms with E-state index in [0.29, 0.717) is 6.42 Å². The third kappa shape index (κ3) is 5.67. The summed E-state index contributed by atoms with van der Waals surface area (Å²) in [4.78, 5) is 11.8. The third-order valence-electron chi connectivity index (χ3n) is 3.23. The maximum Gasteiger partial charge on any atom is 0.162 e. The first-order valence-electron chi connectivity index (χ1n) is 6.82. The second-order valence-corrected chi connectivity index (χ2v) is 4.93. The largest absolute Gasteiger partial charge is 0.294 e. The lowest BCUT2D eigenvalue weighted by Crippen LogP contribution is -1.99. The maximum absolute atomic E-state index is 11.8. The predicted molar refractivity (Wildman–Crippen MR) is 73.3 cm³/mol. The number of benzene rings is 1. The summed E-state index contributed by atoms with van der Waals surface area (Å²) in [7, 11) is 0. The van der Waals surface area contributed by atoms with Crippen molar-refractivity contribution in [1.29, 1.82) is 0 Å². The first-order valence-corrected chi connectivity index (χ1v) is 6.82. The lowest BCUT2D eigenvalue weighted by atomic mass is 9.97. The minimum absolute atomic E-state index is 0.286. The lowest BCUT2D eigenvalue weighted by Gasteiger charge is -2.08. The van der Waals surface area contributed by atoms with E-state index >= 15 is 0 Å². The molecular formula is C16H24O. The van der Waals surface area contributed by atoms with Crippen molar-refractivity contribution in [1.82, 2.24) is 0 Å². The Kier molecular flexibility index (Phi) is 6.61. The van der Waals surface area contributed by atoms with Gasteiger partial charge in [-0.15, -0.1) is 0 Å². The van der Waals surface area contributed by atoms with Gasteiger partial charge in [0.1, 0.15) is 0 Å². The van der Waals surface area contributed by atoms with Gasteiger partial charge < -0.3 is 0 Å². The molecule has 1 aromatic rings.